The molecule has 6 nitrogen and oxygen atoms in total. The summed E-state index contributed by atoms with van der Waals surface area (Å²) < 4.78 is 6.25. The molecule has 4 aromatic rings. The summed E-state index contributed by atoms with van der Waals surface area (Å²) in [6, 6.07) is 15.7. The predicted molar refractivity (Wildman–Crippen MR) is 115 cm³/mol. The van der Waals surface area contributed by atoms with Gasteiger partial charge in [-0.25, -0.2) is 4.98 Å². The van der Waals surface area contributed by atoms with Gasteiger partial charge in [0.15, 0.2) is 11.7 Å². The molecule has 0 atom stereocenters. The lowest BCUT2D eigenvalue weighted by Crippen LogP contribution is -2.34. The Morgan fingerprint density at radius 1 is 1.14 bits per heavy atom. The fourth-order valence-corrected chi connectivity index (χ4v) is 4.31. The number of fused-ring (bicyclic) bond motifs is 2. The Hall–Kier alpha value is -3.19. The van der Waals surface area contributed by atoms with Crippen LogP contribution >= 0.6 is 11.3 Å². The molecule has 4 rings (SSSR count). The Morgan fingerprint density at radius 3 is 2.76 bits per heavy atom. The lowest BCUT2D eigenvalue weighted by Gasteiger charge is -2.17. The number of para-hydroxylation sites is 2. The number of esters is 1. The summed E-state index contributed by atoms with van der Waals surface area (Å²) in [5.41, 5.74) is 2.96. The van der Waals surface area contributed by atoms with Gasteiger partial charge in [0.2, 0.25) is 0 Å². The molecule has 0 radical (unpaired) electrons. The molecule has 0 unspecified atom stereocenters. The Morgan fingerprint density at radius 2 is 1.93 bits per heavy atom. The van der Waals surface area contributed by atoms with Gasteiger partial charge in [-0.15, -0.1) is 0 Å². The van der Waals surface area contributed by atoms with Gasteiger partial charge in [0, 0.05) is 30.1 Å². The number of thiazole rings is 1. The van der Waals surface area contributed by atoms with Gasteiger partial charge in [0.1, 0.15) is 0 Å². The van der Waals surface area contributed by atoms with Crippen LogP contribution < -0.4 is 4.90 Å². The van der Waals surface area contributed by atoms with E-state index in [4.69, 9.17) is 4.74 Å². The van der Waals surface area contributed by atoms with Gasteiger partial charge in [0.25, 0.3) is 5.91 Å². The topological polar surface area (TPSA) is 75.3 Å². The van der Waals surface area contributed by atoms with E-state index in [2.05, 4.69) is 9.97 Å². The average molecular weight is 407 g/mol. The first kappa shape index (κ1) is 19.1. The highest BCUT2D eigenvalue weighted by Crippen LogP contribution is 2.28. The number of anilines is 1. The summed E-state index contributed by atoms with van der Waals surface area (Å²) in [4.78, 5) is 34.0. The first-order valence-corrected chi connectivity index (χ1v) is 10.3. The molecule has 7 heteroatoms. The van der Waals surface area contributed by atoms with Crippen molar-refractivity contribution in [2.45, 2.75) is 19.8 Å². The highest BCUT2D eigenvalue weighted by atomic mass is 32.1. The Bertz CT molecular complexity index is 1130. The van der Waals surface area contributed by atoms with Crippen LogP contribution in [-0.4, -0.2) is 35.0 Å². The predicted octanol–water partition coefficient (Wildman–Crippen LogP) is 4.31. The number of H-pyrrole nitrogens is 1. The number of carbonyl (C=O) groups is 2. The molecular weight excluding hydrogens is 386 g/mol. The molecule has 0 aliphatic heterocycles. The Balaban J connectivity index is 1.33. The van der Waals surface area contributed by atoms with Crippen LogP contribution in [0.4, 0.5) is 5.13 Å². The number of rotatable bonds is 7. The minimum atomic E-state index is -0.385. The first-order chi connectivity index (χ1) is 14.2. The molecule has 0 aliphatic rings. The number of ether oxygens (including phenoxy) is 1. The fourth-order valence-electron chi connectivity index (χ4n) is 3.26. The number of amides is 1. The Labute approximate surface area is 172 Å². The minimum absolute atomic E-state index is 0.225. The number of likely N-dealkylation sites (N-methyl/N-ethyl adjacent to an activating group) is 1. The second kappa shape index (κ2) is 8.45. The number of aromatic amines is 1. The van der Waals surface area contributed by atoms with E-state index in [0.29, 0.717) is 18.1 Å². The zero-order chi connectivity index (χ0) is 20.2. The van der Waals surface area contributed by atoms with E-state index >= 15 is 0 Å². The summed E-state index contributed by atoms with van der Waals surface area (Å²) in [6.07, 6.45) is 2.70. The van der Waals surface area contributed by atoms with Crippen LogP contribution in [0.3, 0.4) is 0 Å². The van der Waals surface area contributed by atoms with Gasteiger partial charge in [-0.1, -0.05) is 41.7 Å². The summed E-state index contributed by atoms with van der Waals surface area (Å²) in [5.74, 6) is -0.656. The lowest BCUT2D eigenvalue weighted by atomic mass is 10.1. The molecule has 2 aromatic carbocycles. The van der Waals surface area contributed by atoms with Crippen molar-refractivity contribution in [3.63, 3.8) is 0 Å². The van der Waals surface area contributed by atoms with E-state index in [-0.39, 0.29) is 24.9 Å². The van der Waals surface area contributed by atoms with Crippen molar-refractivity contribution >= 4 is 49.5 Å². The molecule has 29 heavy (non-hydrogen) atoms. The number of hydrogen-bond donors (Lipinski definition) is 1. The largest absolute Gasteiger partial charge is 0.456 e. The van der Waals surface area contributed by atoms with E-state index in [0.717, 1.165) is 26.7 Å². The van der Waals surface area contributed by atoms with Crippen molar-refractivity contribution in [2.24, 2.45) is 0 Å². The highest BCUT2D eigenvalue weighted by Gasteiger charge is 2.19. The third kappa shape index (κ3) is 4.14. The van der Waals surface area contributed by atoms with Crippen molar-refractivity contribution in [2.75, 3.05) is 18.1 Å². The van der Waals surface area contributed by atoms with Gasteiger partial charge >= 0.3 is 5.97 Å². The molecule has 0 aliphatic carbocycles. The minimum Gasteiger partial charge on any atom is -0.456 e. The molecule has 0 fully saturated rings. The van der Waals surface area contributed by atoms with E-state index in [9.17, 15) is 9.59 Å². The maximum absolute atomic E-state index is 12.6. The van der Waals surface area contributed by atoms with Crippen molar-refractivity contribution in [3.05, 3.63) is 60.3 Å². The average Bonchev–Trinajstić information content (AvgIpc) is 3.35. The summed E-state index contributed by atoms with van der Waals surface area (Å²) in [6.45, 7) is 2.06. The molecular formula is C22H21N3O3S. The SMILES string of the molecule is CCN(C(=O)COC(=O)CCc1c[nH]c2ccccc12)c1nc2ccccc2s1. The standard InChI is InChI=1S/C22H21N3O3S/c1-2-25(22-24-18-9-5-6-10-19(18)29-22)20(26)14-28-21(27)12-11-15-13-23-17-8-4-3-7-16(15)17/h3-10,13,23H,2,11-12,14H2,1H3. The number of hydrogen-bond acceptors (Lipinski definition) is 5. The van der Waals surface area contributed by atoms with Crippen molar-refractivity contribution in [1.29, 1.82) is 0 Å². The number of aromatic nitrogens is 2. The second-order valence-electron chi connectivity index (χ2n) is 6.62. The molecule has 0 bridgehead atoms. The van der Waals surface area contributed by atoms with Gasteiger partial charge < -0.3 is 9.72 Å². The van der Waals surface area contributed by atoms with Crippen LogP contribution in [-0.2, 0) is 20.7 Å². The van der Waals surface area contributed by atoms with Crippen LogP contribution in [0.25, 0.3) is 21.1 Å². The highest BCUT2D eigenvalue weighted by molar-refractivity contribution is 7.22. The third-order valence-electron chi connectivity index (χ3n) is 4.76. The molecule has 1 N–H and O–H groups in total. The van der Waals surface area contributed by atoms with Gasteiger partial charge in [-0.3, -0.25) is 14.5 Å². The molecule has 0 saturated carbocycles. The lowest BCUT2D eigenvalue weighted by molar-refractivity contribution is -0.147. The molecule has 2 aromatic heterocycles. The van der Waals surface area contributed by atoms with Gasteiger partial charge in [-0.2, -0.15) is 0 Å². The maximum Gasteiger partial charge on any atom is 0.306 e. The smallest absolute Gasteiger partial charge is 0.306 e. The summed E-state index contributed by atoms with van der Waals surface area (Å²) in [7, 11) is 0. The van der Waals surface area contributed by atoms with Crippen LogP contribution in [0.1, 0.15) is 18.9 Å². The van der Waals surface area contributed by atoms with Crippen LogP contribution in [0.15, 0.2) is 54.7 Å². The maximum atomic E-state index is 12.6. The number of aryl methyl sites for hydroxylation is 1. The fraction of sp³-hybridized carbons (Fsp3) is 0.227. The number of nitrogens with one attached hydrogen (secondary N) is 1. The number of carbonyl (C=O) groups excluding carboxylic acids is 2. The first-order valence-electron chi connectivity index (χ1n) is 9.52. The van der Waals surface area contributed by atoms with Gasteiger partial charge in [0.05, 0.1) is 10.2 Å². The third-order valence-corrected chi connectivity index (χ3v) is 5.82. The molecule has 2 heterocycles. The van der Waals surface area contributed by atoms with E-state index < -0.39 is 0 Å². The van der Waals surface area contributed by atoms with E-state index in [1.54, 1.807) is 4.90 Å². The van der Waals surface area contributed by atoms with Crippen molar-refractivity contribution < 1.29 is 14.3 Å². The molecule has 148 valence electrons. The zero-order valence-electron chi connectivity index (χ0n) is 16.1. The molecule has 1 amide bonds. The molecule has 0 saturated heterocycles. The molecule has 0 spiro atoms. The van der Waals surface area contributed by atoms with Crippen molar-refractivity contribution in [1.82, 2.24) is 9.97 Å². The number of nitrogens with zero attached hydrogens (tertiary/aromatic N) is 2. The van der Waals surface area contributed by atoms with Crippen molar-refractivity contribution in [3.8, 4) is 0 Å². The van der Waals surface area contributed by atoms with E-state index in [1.807, 2.05) is 61.7 Å². The quantitative estimate of drug-likeness (QED) is 0.463. The summed E-state index contributed by atoms with van der Waals surface area (Å²) in [5, 5.41) is 1.72. The van der Waals surface area contributed by atoms with E-state index in [1.165, 1.54) is 11.3 Å². The number of benzene rings is 2. The van der Waals surface area contributed by atoms with Crippen LogP contribution in [0, 0.1) is 0 Å². The normalized spacial score (nSPS) is 11.1. The zero-order valence-corrected chi connectivity index (χ0v) is 16.9. The monoisotopic (exact) mass is 407 g/mol. The second-order valence-corrected chi connectivity index (χ2v) is 7.63. The van der Waals surface area contributed by atoms with Crippen LogP contribution in [0.2, 0.25) is 0 Å². The van der Waals surface area contributed by atoms with Crippen LogP contribution in [0.5, 0.6) is 0 Å². The Kier molecular flexibility index (Phi) is 5.57. The summed E-state index contributed by atoms with van der Waals surface area (Å²) >= 11 is 1.45. The van der Waals surface area contributed by atoms with Gasteiger partial charge in [-0.05, 0) is 37.1 Å².